The van der Waals surface area contributed by atoms with Gasteiger partial charge in [0, 0.05) is 18.2 Å². The van der Waals surface area contributed by atoms with Gasteiger partial charge in [-0.3, -0.25) is 9.59 Å². The highest BCUT2D eigenvalue weighted by Gasteiger charge is 2.50. The number of nitriles is 1. The van der Waals surface area contributed by atoms with Crippen LogP contribution in [-0.4, -0.2) is 30.5 Å². The first kappa shape index (κ1) is 23.9. The summed E-state index contributed by atoms with van der Waals surface area (Å²) in [4.78, 5) is 24.8. The highest BCUT2D eigenvalue weighted by molar-refractivity contribution is 7.89. The lowest BCUT2D eigenvalue weighted by molar-refractivity contribution is -0.114. The smallest absolute Gasteiger partial charge is 0.245 e. The number of hydrogen-bond donors (Lipinski definition) is 2. The number of amides is 1. The first-order valence-corrected chi connectivity index (χ1v) is 12.1. The molecule has 1 amide bonds. The molecule has 9 heteroatoms. The van der Waals surface area contributed by atoms with Crippen LogP contribution in [0.2, 0.25) is 0 Å². The number of ketones is 1. The average Bonchev–Trinajstić information content (AvgIpc) is 3.17. The van der Waals surface area contributed by atoms with Gasteiger partial charge in [0.05, 0.1) is 28.3 Å². The molecule has 1 heterocycles. The van der Waals surface area contributed by atoms with Crippen LogP contribution < -0.4 is 11.1 Å². The average molecular weight is 487 g/mol. The van der Waals surface area contributed by atoms with Crippen molar-refractivity contribution in [3.63, 3.8) is 0 Å². The summed E-state index contributed by atoms with van der Waals surface area (Å²) < 4.78 is 29.0. The molecule has 3 aromatic carbocycles. The predicted molar refractivity (Wildman–Crippen MR) is 130 cm³/mol. The molecule has 2 atom stereocenters. The van der Waals surface area contributed by atoms with E-state index in [-0.39, 0.29) is 27.6 Å². The summed E-state index contributed by atoms with van der Waals surface area (Å²) in [6.45, 7) is 1.34. The minimum Gasteiger partial charge on any atom is -0.399 e. The monoisotopic (exact) mass is 486 g/mol. The standard InChI is InChI=1S/C26H22N4O4S/c1-17(31)29-20-12-14-21(15-13-20)35(33,34)30-24(18-8-4-2-5-9-18)22(16-27)23(28)25(30)26(32)19-10-6-3-7-11-19/h2-15,24-25H,28H2,1H3,(H,29,31)/t24-,25+/m1/s1. The number of nitrogens with two attached hydrogens (primary N) is 1. The Kier molecular flexibility index (Phi) is 6.51. The number of hydrogen-bond acceptors (Lipinski definition) is 6. The number of carbonyl (C=O) groups excluding carboxylic acids is 2. The maximum atomic E-state index is 14.0. The lowest BCUT2D eigenvalue weighted by Crippen LogP contribution is -2.45. The van der Waals surface area contributed by atoms with Crippen LogP contribution in [0.4, 0.5) is 5.69 Å². The maximum Gasteiger partial charge on any atom is 0.245 e. The van der Waals surface area contributed by atoms with E-state index in [2.05, 4.69) is 5.32 Å². The lowest BCUT2D eigenvalue weighted by Gasteiger charge is -2.30. The Bertz CT molecular complexity index is 1440. The van der Waals surface area contributed by atoms with E-state index in [9.17, 15) is 23.3 Å². The van der Waals surface area contributed by atoms with Crippen LogP contribution >= 0.6 is 0 Å². The molecule has 8 nitrogen and oxygen atoms in total. The van der Waals surface area contributed by atoms with Gasteiger partial charge in [0.1, 0.15) is 6.04 Å². The topological polar surface area (TPSA) is 133 Å². The van der Waals surface area contributed by atoms with E-state index in [1.807, 2.05) is 6.07 Å². The van der Waals surface area contributed by atoms with E-state index < -0.39 is 27.9 Å². The molecule has 0 fully saturated rings. The minimum absolute atomic E-state index is 0.00363. The molecule has 3 N–H and O–H groups in total. The Morgan fingerprint density at radius 1 is 0.943 bits per heavy atom. The van der Waals surface area contributed by atoms with Gasteiger partial charge in [0.25, 0.3) is 0 Å². The van der Waals surface area contributed by atoms with E-state index in [0.717, 1.165) is 4.31 Å². The molecule has 176 valence electrons. The zero-order valence-electron chi connectivity index (χ0n) is 18.8. The Labute approximate surface area is 203 Å². The molecule has 0 saturated carbocycles. The molecule has 1 aliphatic rings. The third kappa shape index (κ3) is 4.45. The Morgan fingerprint density at radius 2 is 1.51 bits per heavy atom. The van der Waals surface area contributed by atoms with Crippen LogP contribution in [0.3, 0.4) is 0 Å². The van der Waals surface area contributed by atoms with Crippen molar-refractivity contribution in [2.24, 2.45) is 5.73 Å². The quantitative estimate of drug-likeness (QED) is 0.513. The van der Waals surface area contributed by atoms with Crippen LogP contribution in [0, 0.1) is 11.3 Å². The Hall–Kier alpha value is -4.26. The van der Waals surface area contributed by atoms with E-state index in [1.165, 1.54) is 31.2 Å². The number of anilines is 1. The molecule has 3 aromatic rings. The van der Waals surface area contributed by atoms with E-state index in [4.69, 9.17) is 5.73 Å². The predicted octanol–water partition coefficient (Wildman–Crippen LogP) is 3.38. The van der Waals surface area contributed by atoms with Crippen molar-refractivity contribution < 1.29 is 18.0 Å². The Balaban J connectivity index is 1.88. The number of benzene rings is 3. The normalized spacial score (nSPS) is 18.2. The minimum atomic E-state index is -4.33. The van der Waals surface area contributed by atoms with Crippen LogP contribution in [0.5, 0.6) is 0 Å². The van der Waals surface area contributed by atoms with Crippen LogP contribution in [0.25, 0.3) is 0 Å². The third-order valence-electron chi connectivity index (χ3n) is 5.68. The molecule has 0 spiro atoms. The molecule has 4 rings (SSSR count). The third-order valence-corrected chi connectivity index (χ3v) is 7.53. The fourth-order valence-corrected chi connectivity index (χ4v) is 5.84. The molecular formula is C26H22N4O4S. The second-order valence-corrected chi connectivity index (χ2v) is 9.81. The van der Waals surface area contributed by atoms with E-state index in [1.54, 1.807) is 60.7 Å². The van der Waals surface area contributed by atoms with Gasteiger partial charge in [0.15, 0.2) is 5.78 Å². The van der Waals surface area contributed by atoms with Crippen LogP contribution in [-0.2, 0) is 14.8 Å². The van der Waals surface area contributed by atoms with Gasteiger partial charge in [-0.1, -0.05) is 60.7 Å². The molecule has 0 radical (unpaired) electrons. The fraction of sp³-hybridized carbons (Fsp3) is 0.115. The summed E-state index contributed by atoms with van der Waals surface area (Å²) in [7, 11) is -4.33. The summed E-state index contributed by atoms with van der Waals surface area (Å²) in [6, 6.07) is 21.9. The van der Waals surface area contributed by atoms with Crippen molar-refractivity contribution in [3.05, 3.63) is 107 Å². The maximum absolute atomic E-state index is 14.0. The van der Waals surface area contributed by atoms with Gasteiger partial charge in [-0.25, -0.2) is 8.42 Å². The van der Waals surface area contributed by atoms with Gasteiger partial charge in [-0.15, -0.1) is 0 Å². The number of rotatable bonds is 6. The van der Waals surface area contributed by atoms with Crippen molar-refractivity contribution in [1.29, 1.82) is 5.26 Å². The highest BCUT2D eigenvalue weighted by Crippen LogP contribution is 2.43. The van der Waals surface area contributed by atoms with Crippen molar-refractivity contribution in [2.75, 3.05) is 5.32 Å². The second-order valence-electron chi connectivity index (χ2n) is 7.97. The van der Waals surface area contributed by atoms with Gasteiger partial charge in [-0.05, 0) is 29.8 Å². The fourth-order valence-electron chi connectivity index (χ4n) is 4.12. The first-order chi connectivity index (χ1) is 16.8. The Morgan fingerprint density at radius 3 is 2.06 bits per heavy atom. The molecule has 0 aromatic heterocycles. The van der Waals surface area contributed by atoms with Crippen molar-refractivity contribution in [2.45, 2.75) is 23.9 Å². The number of carbonyl (C=O) groups is 2. The molecule has 0 aliphatic carbocycles. The molecule has 35 heavy (non-hydrogen) atoms. The van der Waals surface area contributed by atoms with Gasteiger partial charge < -0.3 is 11.1 Å². The van der Waals surface area contributed by atoms with Crippen molar-refractivity contribution >= 4 is 27.4 Å². The zero-order chi connectivity index (χ0) is 25.2. The molecular weight excluding hydrogens is 464 g/mol. The second kappa shape index (κ2) is 9.54. The molecule has 0 saturated heterocycles. The molecule has 1 aliphatic heterocycles. The van der Waals surface area contributed by atoms with E-state index in [0.29, 0.717) is 11.3 Å². The van der Waals surface area contributed by atoms with Crippen LogP contribution in [0.1, 0.15) is 28.9 Å². The number of nitrogens with one attached hydrogen (secondary N) is 1. The molecule has 0 bridgehead atoms. The van der Waals surface area contributed by atoms with Crippen molar-refractivity contribution in [1.82, 2.24) is 4.31 Å². The summed E-state index contributed by atoms with van der Waals surface area (Å²) in [5.74, 6) is -0.832. The lowest BCUT2D eigenvalue weighted by atomic mass is 10.00. The first-order valence-electron chi connectivity index (χ1n) is 10.7. The van der Waals surface area contributed by atoms with Crippen molar-refractivity contribution in [3.8, 4) is 6.07 Å². The zero-order valence-corrected chi connectivity index (χ0v) is 19.6. The largest absolute Gasteiger partial charge is 0.399 e. The summed E-state index contributed by atoms with van der Waals surface area (Å²) >= 11 is 0. The summed E-state index contributed by atoms with van der Waals surface area (Å²) in [5.41, 5.74) is 7.43. The van der Waals surface area contributed by atoms with Gasteiger partial charge in [0.2, 0.25) is 15.9 Å². The molecule has 0 unspecified atom stereocenters. The van der Waals surface area contributed by atoms with E-state index >= 15 is 0 Å². The number of Topliss-reactive ketones (excluding diaryl/α,β-unsaturated/α-hetero) is 1. The summed E-state index contributed by atoms with van der Waals surface area (Å²) in [6.07, 6.45) is 0. The number of sulfonamides is 1. The van der Waals surface area contributed by atoms with Gasteiger partial charge in [-0.2, -0.15) is 9.57 Å². The van der Waals surface area contributed by atoms with Crippen LogP contribution in [0.15, 0.2) is 101 Å². The summed E-state index contributed by atoms with van der Waals surface area (Å²) in [5, 5.41) is 12.5. The highest BCUT2D eigenvalue weighted by atomic mass is 32.2. The van der Waals surface area contributed by atoms with Gasteiger partial charge >= 0.3 is 0 Å². The number of nitrogens with zero attached hydrogens (tertiary/aromatic N) is 2. The SMILES string of the molecule is CC(=O)Nc1ccc(S(=O)(=O)N2[C@H](C(=O)c3ccccc3)C(N)=C(C#N)[C@H]2c2ccccc2)cc1.